The summed E-state index contributed by atoms with van der Waals surface area (Å²) in [6.07, 6.45) is 2.01. The van der Waals surface area contributed by atoms with Gasteiger partial charge < -0.3 is 19.5 Å². The Labute approximate surface area is 173 Å². The van der Waals surface area contributed by atoms with Crippen LogP contribution in [0.3, 0.4) is 0 Å². The van der Waals surface area contributed by atoms with Gasteiger partial charge in [-0.15, -0.1) is 24.0 Å². The number of methoxy groups -OCH3 is 1. The summed E-state index contributed by atoms with van der Waals surface area (Å²) in [5.74, 6) is 0.617. The topological polar surface area (TPSA) is 41.8 Å². The number of nitrogens with zero attached hydrogens (tertiary/aromatic N) is 3. The first-order chi connectivity index (χ1) is 11.4. The highest BCUT2D eigenvalue weighted by Gasteiger charge is 2.10. The Morgan fingerprint density at radius 2 is 2.12 bits per heavy atom. The van der Waals surface area contributed by atoms with Gasteiger partial charge >= 0.3 is 0 Å². The van der Waals surface area contributed by atoms with Gasteiger partial charge in [-0.05, 0) is 39.7 Å². The van der Waals surface area contributed by atoms with Crippen molar-refractivity contribution in [3.05, 3.63) is 52.0 Å². The summed E-state index contributed by atoms with van der Waals surface area (Å²) >= 11 is 3.48. The molecule has 0 fully saturated rings. The van der Waals surface area contributed by atoms with Gasteiger partial charge in [-0.25, -0.2) is 4.39 Å². The van der Waals surface area contributed by atoms with Crippen molar-refractivity contribution in [3.63, 3.8) is 0 Å². The van der Waals surface area contributed by atoms with Crippen LogP contribution in [0.1, 0.15) is 11.3 Å². The van der Waals surface area contributed by atoms with E-state index in [-0.39, 0.29) is 35.5 Å². The summed E-state index contributed by atoms with van der Waals surface area (Å²) in [4.78, 5) is 6.30. The number of aryl methyl sites for hydroxylation is 1. The van der Waals surface area contributed by atoms with Crippen molar-refractivity contribution in [2.75, 3.05) is 21.2 Å². The Kier molecular flexibility index (Phi) is 8.70. The van der Waals surface area contributed by atoms with Gasteiger partial charge in [0.1, 0.15) is 0 Å². The molecule has 1 N–H and O–H groups in total. The molecule has 0 aliphatic heterocycles. The molecule has 1 aromatic carbocycles. The van der Waals surface area contributed by atoms with Crippen molar-refractivity contribution in [2.45, 2.75) is 13.1 Å². The maximum Gasteiger partial charge on any atom is 0.194 e. The molecule has 138 valence electrons. The number of hydrogen-bond acceptors (Lipinski definition) is 2. The molecule has 2 rings (SSSR count). The Bertz CT molecular complexity index is 735. The molecule has 25 heavy (non-hydrogen) atoms. The highest BCUT2D eigenvalue weighted by Crippen LogP contribution is 2.18. The number of rotatable bonds is 5. The first kappa shape index (κ1) is 21.8. The molecule has 0 spiro atoms. The fourth-order valence-corrected chi connectivity index (χ4v) is 3.00. The van der Waals surface area contributed by atoms with E-state index >= 15 is 0 Å². The molecule has 0 saturated carbocycles. The molecule has 0 aliphatic rings. The maximum atomic E-state index is 13.7. The summed E-state index contributed by atoms with van der Waals surface area (Å²) in [7, 11) is 7.15. The lowest BCUT2D eigenvalue weighted by atomic mass is 10.2. The van der Waals surface area contributed by atoms with E-state index in [1.807, 2.05) is 31.3 Å². The number of benzene rings is 1. The van der Waals surface area contributed by atoms with Gasteiger partial charge in [0, 0.05) is 44.1 Å². The number of aromatic nitrogens is 1. The third-order valence-electron chi connectivity index (χ3n) is 3.71. The highest BCUT2D eigenvalue weighted by atomic mass is 127. The van der Waals surface area contributed by atoms with E-state index in [1.165, 1.54) is 13.2 Å². The molecule has 0 saturated heterocycles. The molecule has 2 aromatic rings. The molecule has 0 amide bonds. The first-order valence-corrected chi connectivity index (χ1v) is 8.28. The largest absolute Gasteiger partial charge is 0.494 e. The molecular weight excluding hydrogens is 502 g/mol. The van der Waals surface area contributed by atoms with Gasteiger partial charge in [0.05, 0.1) is 13.7 Å². The summed E-state index contributed by atoms with van der Waals surface area (Å²) in [5, 5.41) is 3.24. The average molecular weight is 525 g/mol. The van der Waals surface area contributed by atoms with Crippen LogP contribution in [-0.2, 0) is 20.1 Å². The lowest BCUT2D eigenvalue weighted by Crippen LogP contribution is -2.38. The second-order valence-corrected chi connectivity index (χ2v) is 6.40. The van der Waals surface area contributed by atoms with Gasteiger partial charge in [-0.1, -0.05) is 6.07 Å². The Balaban J connectivity index is 0.00000312. The number of guanidine groups is 1. The van der Waals surface area contributed by atoms with Crippen LogP contribution in [0.5, 0.6) is 5.75 Å². The van der Waals surface area contributed by atoms with E-state index in [4.69, 9.17) is 4.74 Å². The summed E-state index contributed by atoms with van der Waals surface area (Å²) in [5.41, 5.74) is 1.98. The predicted octanol–water partition coefficient (Wildman–Crippen LogP) is 3.76. The standard InChI is InChI=1S/C17H22BrFN4O.HI/c1-20-17(23(3)11-14-8-13(18)10-22(14)2)21-9-12-5-6-16(24-4)15(19)7-12;/h5-8,10H,9,11H2,1-4H3,(H,20,21);1H. The number of halogens is 3. The number of nitrogens with one attached hydrogen (secondary N) is 1. The van der Waals surface area contributed by atoms with Gasteiger partial charge in [0.2, 0.25) is 0 Å². The van der Waals surface area contributed by atoms with E-state index in [0.29, 0.717) is 13.1 Å². The van der Waals surface area contributed by atoms with E-state index in [1.54, 1.807) is 13.1 Å². The Hall–Kier alpha value is -1.29. The van der Waals surface area contributed by atoms with Crippen LogP contribution in [0.2, 0.25) is 0 Å². The van der Waals surface area contributed by atoms with Gasteiger partial charge in [-0.3, -0.25) is 4.99 Å². The molecule has 5 nitrogen and oxygen atoms in total. The van der Waals surface area contributed by atoms with Crippen molar-refractivity contribution in [2.24, 2.45) is 12.0 Å². The number of aliphatic imine (C=N–C) groups is 1. The summed E-state index contributed by atoms with van der Waals surface area (Å²) in [6.45, 7) is 1.19. The number of ether oxygens (including phenoxy) is 1. The van der Waals surface area contributed by atoms with Crippen LogP contribution in [-0.4, -0.2) is 36.6 Å². The smallest absolute Gasteiger partial charge is 0.194 e. The van der Waals surface area contributed by atoms with Crippen molar-refractivity contribution in [1.29, 1.82) is 0 Å². The second kappa shape index (κ2) is 10.0. The van der Waals surface area contributed by atoms with Crippen LogP contribution in [0.15, 0.2) is 39.9 Å². The fourth-order valence-electron chi connectivity index (χ4n) is 2.43. The van der Waals surface area contributed by atoms with E-state index in [0.717, 1.165) is 21.7 Å². The quantitative estimate of drug-likeness (QED) is 0.368. The second-order valence-electron chi connectivity index (χ2n) is 5.49. The van der Waals surface area contributed by atoms with Crippen molar-refractivity contribution < 1.29 is 9.13 Å². The van der Waals surface area contributed by atoms with Crippen molar-refractivity contribution in [1.82, 2.24) is 14.8 Å². The van der Waals surface area contributed by atoms with Crippen LogP contribution in [0.25, 0.3) is 0 Å². The van der Waals surface area contributed by atoms with Crippen molar-refractivity contribution >= 4 is 45.9 Å². The maximum absolute atomic E-state index is 13.7. The number of hydrogen-bond donors (Lipinski definition) is 1. The van der Waals surface area contributed by atoms with Gasteiger partial charge in [-0.2, -0.15) is 0 Å². The molecule has 1 aromatic heterocycles. The minimum Gasteiger partial charge on any atom is -0.494 e. The van der Waals surface area contributed by atoms with Gasteiger partial charge in [0.25, 0.3) is 0 Å². The van der Waals surface area contributed by atoms with E-state index in [2.05, 4.69) is 36.9 Å². The molecule has 8 heteroatoms. The lowest BCUT2D eigenvalue weighted by Gasteiger charge is -2.22. The molecule has 0 radical (unpaired) electrons. The Morgan fingerprint density at radius 3 is 2.64 bits per heavy atom. The Morgan fingerprint density at radius 1 is 1.40 bits per heavy atom. The van der Waals surface area contributed by atoms with Crippen LogP contribution in [0, 0.1) is 5.82 Å². The average Bonchev–Trinajstić information content (AvgIpc) is 2.85. The molecule has 1 heterocycles. The minimum absolute atomic E-state index is 0. The first-order valence-electron chi connectivity index (χ1n) is 7.49. The third-order valence-corrected chi connectivity index (χ3v) is 4.15. The zero-order valence-electron chi connectivity index (χ0n) is 14.7. The predicted molar refractivity (Wildman–Crippen MR) is 113 cm³/mol. The van der Waals surface area contributed by atoms with E-state index < -0.39 is 0 Å². The zero-order chi connectivity index (χ0) is 17.7. The van der Waals surface area contributed by atoms with Crippen LogP contribution in [0.4, 0.5) is 4.39 Å². The van der Waals surface area contributed by atoms with Crippen LogP contribution >= 0.6 is 39.9 Å². The minimum atomic E-state index is -0.367. The SMILES string of the molecule is CN=C(NCc1ccc(OC)c(F)c1)N(C)Cc1cc(Br)cn1C.I. The van der Waals surface area contributed by atoms with Gasteiger partial charge in [0.15, 0.2) is 17.5 Å². The molecule has 0 aliphatic carbocycles. The van der Waals surface area contributed by atoms with Crippen molar-refractivity contribution in [3.8, 4) is 5.75 Å². The highest BCUT2D eigenvalue weighted by molar-refractivity contribution is 14.0. The molecule has 0 atom stereocenters. The molecular formula is C17H23BrFIN4O. The molecule has 0 bridgehead atoms. The zero-order valence-corrected chi connectivity index (χ0v) is 18.6. The monoisotopic (exact) mass is 524 g/mol. The summed E-state index contributed by atoms with van der Waals surface area (Å²) < 4.78 is 21.8. The lowest BCUT2D eigenvalue weighted by molar-refractivity contribution is 0.386. The third kappa shape index (κ3) is 5.88. The summed E-state index contributed by atoms with van der Waals surface area (Å²) in [6, 6.07) is 6.99. The normalized spacial score (nSPS) is 11.0. The fraction of sp³-hybridized carbons (Fsp3) is 0.353. The molecule has 0 unspecified atom stereocenters. The van der Waals surface area contributed by atoms with E-state index in [9.17, 15) is 4.39 Å². The van der Waals surface area contributed by atoms with Crippen LogP contribution < -0.4 is 10.1 Å².